The Hall–Kier alpha value is -2.04. The van der Waals surface area contributed by atoms with Gasteiger partial charge >= 0.3 is 0 Å². The fourth-order valence-corrected chi connectivity index (χ4v) is 2.85. The van der Waals surface area contributed by atoms with E-state index in [1.54, 1.807) is 10.9 Å². The van der Waals surface area contributed by atoms with Crippen LogP contribution in [0, 0.1) is 0 Å². The zero-order chi connectivity index (χ0) is 13.9. The van der Waals surface area contributed by atoms with E-state index in [9.17, 15) is 4.79 Å². The SMILES string of the molecule is Cn1cc([C@H]2CCCN2C(=O)CCc2ccco2)cn1. The summed E-state index contributed by atoms with van der Waals surface area (Å²) in [6.45, 7) is 0.844. The molecular weight excluding hydrogens is 254 g/mol. The maximum absolute atomic E-state index is 12.4. The third-order valence-electron chi connectivity index (χ3n) is 3.85. The van der Waals surface area contributed by atoms with Gasteiger partial charge in [0.1, 0.15) is 5.76 Å². The first-order valence-electron chi connectivity index (χ1n) is 7.04. The lowest BCUT2D eigenvalue weighted by atomic mass is 10.1. The maximum atomic E-state index is 12.4. The second-order valence-corrected chi connectivity index (χ2v) is 5.27. The summed E-state index contributed by atoms with van der Waals surface area (Å²) in [5.41, 5.74) is 1.14. The lowest BCUT2D eigenvalue weighted by Gasteiger charge is -2.23. The van der Waals surface area contributed by atoms with Crippen LogP contribution in [0.15, 0.2) is 35.2 Å². The van der Waals surface area contributed by atoms with Gasteiger partial charge in [0.15, 0.2) is 0 Å². The highest BCUT2D eigenvalue weighted by atomic mass is 16.3. The van der Waals surface area contributed by atoms with Crippen LogP contribution in [-0.4, -0.2) is 27.1 Å². The van der Waals surface area contributed by atoms with Crippen LogP contribution in [0.25, 0.3) is 0 Å². The second-order valence-electron chi connectivity index (χ2n) is 5.27. The molecule has 0 bridgehead atoms. The van der Waals surface area contributed by atoms with Crippen molar-refractivity contribution in [1.82, 2.24) is 14.7 Å². The zero-order valence-electron chi connectivity index (χ0n) is 11.7. The molecule has 0 unspecified atom stereocenters. The van der Waals surface area contributed by atoms with Crippen LogP contribution in [0.1, 0.15) is 36.6 Å². The molecule has 0 aromatic carbocycles. The van der Waals surface area contributed by atoms with E-state index >= 15 is 0 Å². The molecule has 0 aliphatic carbocycles. The van der Waals surface area contributed by atoms with E-state index in [0.717, 1.165) is 30.7 Å². The van der Waals surface area contributed by atoms with Crippen LogP contribution in [-0.2, 0) is 18.3 Å². The van der Waals surface area contributed by atoms with Crippen molar-refractivity contribution in [2.75, 3.05) is 6.54 Å². The number of likely N-dealkylation sites (tertiary alicyclic amines) is 1. The van der Waals surface area contributed by atoms with Crippen molar-refractivity contribution in [2.45, 2.75) is 31.7 Å². The molecule has 1 amide bonds. The van der Waals surface area contributed by atoms with Gasteiger partial charge in [-0.1, -0.05) is 0 Å². The van der Waals surface area contributed by atoms with Gasteiger partial charge in [0, 0.05) is 38.2 Å². The van der Waals surface area contributed by atoms with Gasteiger partial charge in [0.2, 0.25) is 5.91 Å². The van der Waals surface area contributed by atoms with Crippen molar-refractivity contribution in [3.05, 3.63) is 42.1 Å². The van der Waals surface area contributed by atoms with Gasteiger partial charge in [-0.15, -0.1) is 0 Å². The summed E-state index contributed by atoms with van der Waals surface area (Å²) in [5.74, 6) is 1.07. The van der Waals surface area contributed by atoms with Crippen molar-refractivity contribution in [3.63, 3.8) is 0 Å². The molecule has 0 N–H and O–H groups in total. The van der Waals surface area contributed by atoms with E-state index in [0.29, 0.717) is 12.8 Å². The van der Waals surface area contributed by atoms with E-state index < -0.39 is 0 Å². The molecule has 2 aromatic rings. The number of furan rings is 1. The van der Waals surface area contributed by atoms with E-state index in [1.165, 1.54) is 0 Å². The van der Waals surface area contributed by atoms with Crippen molar-refractivity contribution in [3.8, 4) is 0 Å². The number of nitrogens with zero attached hydrogens (tertiary/aromatic N) is 3. The number of carbonyl (C=O) groups excluding carboxylic acids is 1. The summed E-state index contributed by atoms with van der Waals surface area (Å²) >= 11 is 0. The molecule has 2 aromatic heterocycles. The highest BCUT2D eigenvalue weighted by Crippen LogP contribution is 2.32. The number of aromatic nitrogens is 2. The molecule has 0 radical (unpaired) electrons. The fraction of sp³-hybridized carbons (Fsp3) is 0.467. The van der Waals surface area contributed by atoms with Gasteiger partial charge in [-0.05, 0) is 25.0 Å². The van der Waals surface area contributed by atoms with Crippen molar-refractivity contribution < 1.29 is 9.21 Å². The smallest absolute Gasteiger partial charge is 0.223 e. The lowest BCUT2D eigenvalue weighted by Crippen LogP contribution is -2.30. The molecule has 1 aliphatic heterocycles. The Morgan fingerprint density at radius 2 is 2.45 bits per heavy atom. The minimum absolute atomic E-state index is 0.188. The maximum Gasteiger partial charge on any atom is 0.223 e. The number of hydrogen-bond acceptors (Lipinski definition) is 3. The first-order chi connectivity index (χ1) is 9.74. The van der Waals surface area contributed by atoms with Crippen LogP contribution in [0.2, 0.25) is 0 Å². The predicted molar refractivity (Wildman–Crippen MR) is 73.9 cm³/mol. The molecule has 0 saturated carbocycles. The van der Waals surface area contributed by atoms with E-state index in [-0.39, 0.29) is 11.9 Å². The molecule has 0 spiro atoms. The number of rotatable bonds is 4. The first-order valence-corrected chi connectivity index (χ1v) is 7.04. The van der Waals surface area contributed by atoms with Crippen molar-refractivity contribution in [2.24, 2.45) is 7.05 Å². The topological polar surface area (TPSA) is 51.3 Å². The van der Waals surface area contributed by atoms with Crippen molar-refractivity contribution >= 4 is 5.91 Å². The van der Waals surface area contributed by atoms with Gasteiger partial charge in [-0.2, -0.15) is 5.10 Å². The minimum Gasteiger partial charge on any atom is -0.469 e. The largest absolute Gasteiger partial charge is 0.469 e. The summed E-state index contributed by atoms with van der Waals surface area (Å²) < 4.78 is 7.07. The summed E-state index contributed by atoms with van der Waals surface area (Å²) in [5, 5.41) is 4.21. The molecule has 106 valence electrons. The third kappa shape index (κ3) is 2.61. The standard InChI is InChI=1S/C15H19N3O2/c1-17-11-12(10-16-17)14-5-2-8-18(14)15(19)7-6-13-4-3-9-20-13/h3-4,9-11,14H,2,5-8H2,1H3/t14-/m1/s1. The Labute approximate surface area is 118 Å². The van der Waals surface area contributed by atoms with Crippen LogP contribution >= 0.6 is 0 Å². The molecule has 1 saturated heterocycles. The van der Waals surface area contributed by atoms with Gasteiger partial charge in [-0.25, -0.2) is 0 Å². The van der Waals surface area contributed by atoms with Crippen LogP contribution in [0.4, 0.5) is 0 Å². The molecule has 3 rings (SSSR count). The molecular formula is C15H19N3O2. The highest BCUT2D eigenvalue weighted by Gasteiger charge is 2.30. The Balaban J connectivity index is 1.64. The van der Waals surface area contributed by atoms with Gasteiger partial charge in [-0.3, -0.25) is 9.48 Å². The normalized spacial score (nSPS) is 18.6. The quantitative estimate of drug-likeness (QED) is 0.859. The van der Waals surface area contributed by atoms with Gasteiger partial charge in [0.05, 0.1) is 18.5 Å². The molecule has 3 heterocycles. The molecule has 1 fully saturated rings. The Morgan fingerprint density at radius 1 is 1.55 bits per heavy atom. The van der Waals surface area contributed by atoms with E-state index in [1.807, 2.05) is 36.5 Å². The number of carbonyl (C=O) groups is 1. The number of amides is 1. The summed E-state index contributed by atoms with van der Waals surface area (Å²) in [6, 6.07) is 3.96. The molecule has 5 heteroatoms. The summed E-state index contributed by atoms with van der Waals surface area (Å²) in [4.78, 5) is 14.4. The Morgan fingerprint density at radius 3 is 3.15 bits per heavy atom. The Bertz CT molecular complexity index is 574. The average Bonchev–Trinajstić information content (AvgIpc) is 3.16. The van der Waals surface area contributed by atoms with Gasteiger partial charge in [0.25, 0.3) is 0 Å². The molecule has 5 nitrogen and oxygen atoms in total. The van der Waals surface area contributed by atoms with E-state index in [2.05, 4.69) is 5.10 Å². The van der Waals surface area contributed by atoms with Crippen LogP contribution in [0.3, 0.4) is 0 Å². The van der Waals surface area contributed by atoms with Gasteiger partial charge < -0.3 is 9.32 Å². The monoisotopic (exact) mass is 273 g/mol. The van der Waals surface area contributed by atoms with Crippen molar-refractivity contribution in [1.29, 1.82) is 0 Å². The minimum atomic E-state index is 0.188. The highest BCUT2D eigenvalue weighted by molar-refractivity contribution is 5.77. The molecule has 1 atom stereocenters. The Kier molecular flexibility index (Phi) is 3.58. The summed E-state index contributed by atoms with van der Waals surface area (Å²) in [7, 11) is 1.90. The van der Waals surface area contributed by atoms with Crippen LogP contribution in [0.5, 0.6) is 0 Å². The fourth-order valence-electron chi connectivity index (χ4n) is 2.85. The molecule has 1 aliphatic rings. The lowest BCUT2D eigenvalue weighted by molar-refractivity contribution is -0.132. The second kappa shape index (κ2) is 5.53. The average molecular weight is 273 g/mol. The zero-order valence-corrected chi connectivity index (χ0v) is 11.7. The molecule has 20 heavy (non-hydrogen) atoms. The first kappa shape index (κ1) is 13.0. The number of hydrogen-bond donors (Lipinski definition) is 0. The number of aryl methyl sites for hydroxylation is 2. The summed E-state index contributed by atoms with van der Waals surface area (Å²) in [6.07, 6.45) is 8.77. The third-order valence-corrected chi connectivity index (χ3v) is 3.85. The predicted octanol–water partition coefficient (Wildman–Crippen LogP) is 2.31. The van der Waals surface area contributed by atoms with E-state index in [4.69, 9.17) is 4.42 Å². The van der Waals surface area contributed by atoms with Crippen LogP contribution < -0.4 is 0 Å².